The summed E-state index contributed by atoms with van der Waals surface area (Å²) in [5.41, 5.74) is 0.217. The first-order chi connectivity index (χ1) is 10.9. The molecule has 1 aliphatic carbocycles. The van der Waals surface area contributed by atoms with Crippen molar-refractivity contribution in [2.75, 3.05) is 5.32 Å². The van der Waals surface area contributed by atoms with Gasteiger partial charge in [-0.1, -0.05) is 32.0 Å². The van der Waals surface area contributed by atoms with Gasteiger partial charge in [0, 0.05) is 24.2 Å². The van der Waals surface area contributed by atoms with Crippen LogP contribution in [0.25, 0.3) is 0 Å². The first-order valence-electron chi connectivity index (χ1n) is 7.78. The number of aliphatic carboxylic acids is 1. The Labute approximate surface area is 135 Å². The second kappa shape index (κ2) is 6.77. The molecule has 1 aromatic rings. The molecule has 5 heteroatoms. The standard InChI is InChI=1S/C18H21NO4/c1-3-13(19-12-8-6-5-7-9-12)16-14(20)10-18(4-2,17(22)23)11-15(16)21/h5-9,19H,3-4,10-11H2,1-2H3,(H,22,23). The van der Waals surface area contributed by atoms with E-state index in [1.165, 1.54) is 0 Å². The van der Waals surface area contributed by atoms with Gasteiger partial charge in [0.05, 0.1) is 11.0 Å². The summed E-state index contributed by atoms with van der Waals surface area (Å²) in [5.74, 6) is -1.84. The van der Waals surface area contributed by atoms with Crippen LogP contribution in [0.4, 0.5) is 5.69 Å². The lowest BCUT2D eigenvalue weighted by atomic mass is 9.69. The number of carboxylic acids is 1. The van der Waals surface area contributed by atoms with Crippen LogP contribution in [0.15, 0.2) is 41.6 Å². The van der Waals surface area contributed by atoms with Gasteiger partial charge in [0.15, 0.2) is 11.6 Å². The van der Waals surface area contributed by atoms with Gasteiger partial charge < -0.3 is 10.4 Å². The number of benzene rings is 1. The van der Waals surface area contributed by atoms with Gasteiger partial charge in [-0.3, -0.25) is 14.4 Å². The van der Waals surface area contributed by atoms with E-state index < -0.39 is 11.4 Å². The number of carbonyl (C=O) groups excluding carboxylic acids is 2. The molecule has 0 spiro atoms. The molecule has 122 valence electrons. The third-order valence-electron chi connectivity index (χ3n) is 4.41. The first kappa shape index (κ1) is 16.9. The highest BCUT2D eigenvalue weighted by Gasteiger charge is 2.47. The summed E-state index contributed by atoms with van der Waals surface area (Å²) in [5, 5.41) is 12.5. The lowest BCUT2D eigenvalue weighted by Crippen LogP contribution is -2.42. The lowest BCUT2D eigenvalue weighted by Gasteiger charge is -2.32. The van der Waals surface area contributed by atoms with E-state index in [2.05, 4.69) is 5.32 Å². The minimum atomic E-state index is -1.26. The van der Waals surface area contributed by atoms with Crippen molar-refractivity contribution in [1.82, 2.24) is 0 Å². The number of allylic oxidation sites excluding steroid dienone is 2. The van der Waals surface area contributed by atoms with Crippen molar-refractivity contribution in [2.24, 2.45) is 5.41 Å². The number of nitrogens with one attached hydrogen (secondary N) is 1. The number of anilines is 1. The van der Waals surface area contributed by atoms with E-state index >= 15 is 0 Å². The molecule has 0 heterocycles. The molecule has 1 aliphatic rings. The first-order valence-corrected chi connectivity index (χ1v) is 7.78. The number of carbonyl (C=O) groups is 3. The molecule has 0 aliphatic heterocycles. The van der Waals surface area contributed by atoms with Gasteiger partial charge in [-0.25, -0.2) is 0 Å². The zero-order valence-corrected chi connectivity index (χ0v) is 13.4. The minimum Gasteiger partial charge on any atom is -0.481 e. The number of hydrogen-bond acceptors (Lipinski definition) is 4. The van der Waals surface area contributed by atoms with Gasteiger partial charge in [0.25, 0.3) is 0 Å². The summed E-state index contributed by atoms with van der Waals surface area (Å²) in [4.78, 5) is 36.5. The molecule has 0 unspecified atom stereocenters. The Kier molecular flexibility index (Phi) is 4.98. The minimum absolute atomic E-state index is 0.125. The quantitative estimate of drug-likeness (QED) is 0.644. The SMILES string of the molecule is CCC(Nc1ccccc1)=C1C(=O)CC(CC)(C(=O)O)CC1=O. The second-order valence-electron chi connectivity index (χ2n) is 5.84. The maximum absolute atomic E-state index is 12.5. The van der Waals surface area contributed by atoms with E-state index in [0.29, 0.717) is 12.1 Å². The predicted octanol–water partition coefficient (Wildman–Crippen LogP) is 3.18. The van der Waals surface area contributed by atoms with Crippen LogP contribution in [-0.4, -0.2) is 22.6 Å². The third-order valence-corrected chi connectivity index (χ3v) is 4.41. The molecule has 1 aromatic carbocycles. The monoisotopic (exact) mass is 315 g/mol. The van der Waals surface area contributed by atoms with Crippen molar-refractivity contribution in [1.29, 1.82) is 0 Å². The fraction of sp³-hybridized carbons (Fsp3) is 0.389. The zero-order chi connectivity index (χ0) is 17.0. The van der Waals surface area contributed by atoms with E-state index in [-0.39, 0.29) is 36.4 Å². The normalized spacial score (nSPS) is 21.2. The van der Waals surface area contributed by atoms with Crippen LogP contribution in [0.2, 0.25) is 0 Å². The van der Waals surface area contributed by atoms with Gasteiger partial charge in [0.2, 0.25) is 0 Å². The van der Waals surface area contributed by atoms with E-state index in [1.54, 1.807) is 6.92 Å². The Morgan fingerprint density at radius 1 is 1.13 bits per heavy atom. The number of hydrogen-bond donors (Lipinski definition) is 2. The summed E-state index contributed by atoms with van der Waals surface area (Å²) < 4.78 is 0. The molecule has 0 saturated heterocycles. The number of Topliss-reactive ketones (excluding diaryl/α,β-unsaturated/α-hetero) is 2. The maximum Gasteiger partial charge on any atom is 0.310 e. The van der Waals surface area contributed by atoms with Crippen LogP contribution in [0.3, 0.4) is 0 Å². The molecule has 1 fully saturated rings. The summed E-state index contributed by atoms with van der Waals surface area (Å²) in [6.45, 7) is 3.56. The van der Waals surface area contributed by atoms with Crippen molar-refractivity contribution < 1.29 is 19.5 Å². The zero-order valence-electron chi connectivity index (χ0n) is 13.4. The Hall–Kier alpha value is -2.43. The highest BCUT2D eigenvalue weighted by atomic mass is 16.4. The van der Waals surface area contributed by atoms with E-state index in [9.17, 15) is 19.5 Å². The van der Waals surface area contributed by atoms with Gasteiger partial charge in [0.1, 0.15) is 0 Å². The molecule has 0 atom stereocenters. The van der Waals surface area contributed by atoms with Crippen LogP contribution in [-0.2, 0) is 14.4 Å². The molecule has 0 amide bonds. The molecule has 0 bridgehead atoms. The van der Waals surface area contributed by atoms with Gasteiger partial charge >= 0.3 is 5.97 Å². The van der Waals surface area contributed by atoms with Gasteiger partial charge in [-0.2, -0.15) is 0 Å². The summed E-state index contributed by atoms with van der Waals surface area (Å²) in [7, 11) is 0. The maximum atomic E-state index is 12.5. The Morgan fingerprint density at radius 3 is 2.13 bits per heavy atom. The Bertz CT molecular complexity index is 641. The van der Waals surface area contributed by atoms with Crippen LogP contribution in [0, 0.1) is 5.41 Å². The topological polar surface area (TPSA) is 83.5 Å². The molecule has 2 rings (SSSR count). The average molecular weight is 315 g/mol. The van der Waals surface area contributed by atoms with Crippen LogP contribution < -0.4 is 5.32 Å². The lowest BCUT2D eigenvalue weighted by molar-refractivity contribution is -0.155. The number of para-hydroxylation sites is 1. The van der Waals surface area contributed by atoms with Crippen LogP contribution in [0.5, 0.6) is 0 Å². The molecular weight excluding hydrogens is 294 g/mol. The molecule has 5 nitrogen and oxygen atoms in total. The molecular formula is C18H21NO4. The largest absolute Gasteiger partial charge is 0.481 e. The Balaban J connectivity index is 2.36. The molecule has 0 radical (unpaired) electrons. The second-order valence-corrected chi connectivity index (χ2v) is 5.84. The van der Waals surface area contributed by atoms with Crippen LogP contribution in [0.1, 0.15) is 39.5 Å². The van der Waals surface area contributed by atoms with Crippen LogP contribution >= 0.6 is 0 Å². The highest BCUT2D eigenvalue weighted by Crippen LogP contribution is 2.39. The highest BCUT2D eigenvalue weighted by molar-refractivity contribution is 6.24. The molecule has 1 saturated carbocycles. The van der Waals surface area contributed by atoms with Gasteiger partial charge in [-0.05, 0) is 25.0 Å². The van der Waals surface area contributed by atoms with Crippen molar-refractivity contribution in [3.8, 4) is 0 Å². The predicted molar refractivity (Wildman–Crippen MR) is 87.0 cm³/mol. The molecule has 23 heavy (non-hydrogen) atoms. The molecule has 2 N–H and O–H groups in total. The van der Waals surface area contributed by atoms with Gasteiger partial charge in [-0.15, -0.1) is 0 Å². The fourth-order valence-electron chi connectivity index (χ4n) is 2.92. The summed E-state index contributed by atoms with van der Waals surface area (Å²) >= 11 is 0. The van der Waals surface area contributed by atoms with Crippen molar-refractivity contribution in [2.45, 2.75) is 39.5 Å². The van der Waals surface area contributed by atoms with E-state index in [0.717, 1.165) is 5.69 Å². The van der Waals surface area contributed by atoms with Crippen molar-refractivity contribution in [3.63, 3.8) is 0 Å². The van der Waals surface area contributed by atoms with Crippen molar-refractivity contribution >= 4 is 23.2 Å². The Morgan fingerprint density at radius 2 is 1.70 bits per heavy atom. The smallest absolute Gasteiger partial charge is 0.310 e. The average Bonchev–Trinajstić information content (AvgIpc) is 2.53. The summed E-state index contributed by atoms with van der Waals surface area (Å²) in [6.07, 6.45) is 0.508. The summed E-state index contributed by atoms with van der Waals surface area (Å²) in [6, 6.07) is 9.29. The fourth-order valence-corrected chi connectivity index (χ4v) is 2.92. The number of rotatable bonds is 5. The van der Waals surface area contributed by atoms with E-state index in [1.807, 2.05) is 37.3 Å². The number of carboxylic acid groups (broad SMARTS) is 1. The molecule has 0 aromatic heterocycles. The third kappa shape index (κ3) is 3.33. The van der Waals surface area contributed by atoms with E-state index in [4.69, 9.17) is 0 Å². The number of ketones is 2. The van der Waals surface area contributed by atoms with Crippen molar-refractivity contribution in [3.05, 3.63) is 41.6 Å².